The molecule has 1 aromatic carbocycles. The second-order valence-electron chi connectivity index (χ2n) is 7.61. The first kappa shape index (κ1) is 19.2. The van der Waals surface area contributed by atoms with Crippen molar-refractivity contribution in [3.05, 3.63) is 36.0 Å². The van der Waals surface area contributed by atoms with Crippen molar-refractivity contribution in [2.24, 2.45) is 7.05 Å². The first-order chi connectivity index (χ1) is 12.8. The number of carbonyl (C=O) groups is 2. The molecule has 0 spiro atoms. The van der Waals surface area contributed by atoms with Gasteiger partial charge in [-0.15, -0.1) is 0 Å². The van der Waals surface area contributed by atoms with Crippen molar-refractivity contribution in [2.75, 3.05) is 33.9 Å². The molecule has 0 bridgehead atoms. The summed E-state index contributed by atoms with van der Waals surface area (Å²) >= 11 is 0. The number of urea groups is 1. The molecule has 1 saturated heterocycles. The molecule has 1 N–H and O–H groups in total. The molecule has 2 heterocycles. The van der Waals surface area contributed by atoms with Crippen LogP contribution in [0.15, 0.2) is 30.5 Å². The number of nitrogens with one attached hydrogen (secondary N) is 1. The number of benzene rings is 1. The Labute approximate surface area is 160 Å². The number of hydrogen-bond donors (Lipinski definition) is 1. The van der Waals surface area contributed by atoms with Crippen molar-refractivity contribution in [1.29, 1.82) is 0 Å². The third kappa shape index (κ3) is 3.93. The first-order valence-electron chi connectivity index (χ1n) is 9.33. The highest BCUT2D eigenvalue weighted by Gasteiger charge is 2.38. The fraction of sp³-hybridized carbons (Fsp3) is 0.500. The summed E-state index contributed by atoms with van der Waals surface area (Å²) in [4.78, 5) is 30.6. The van der Waals surface area contributed by atoms with E-state index in [9.17, 15) is 9.59 Å². The molecule has 1 aromatic heterocycles. The Morgan fingerprint density at radius 2 is 2.07 bits per heavy atom. The van der Waals surface area contributed by atoms with Crippen LogP contribution in [-0.4, -0.2) is 71.1 Å². The molecule has 7 heteroatoms. The highest BCUT2D eigenvalue weighted by Crippen LogP contribution is 2.22. The lowest BCUT2D eigenvalue weighted by Crippen LogP contribution is -2.44. The van der Waals surface area contributed by atoms with Crippen molar-refractivity contribution >= 4 is 22.8 Å². The lowest BCUT2D eigenvalue weighted by Gasteiger charge is -2.23. The summed E-state index contributed by atoms with van der Waals surface area (Å²) in [5, 5.41) is 4.22. The number of hydrogen-bond acceptors (Lipinski definition) is 3. The molecule has 0 aliphatic carbocycles. The summed E-state index contributed by atoms with van der Waals surface area (Å²) in [5.74, 6) is 0.00452. The van der Waals surface area contributed by atoms with E-state index in [4.69, 9.17) is 0 Å². The van der Waals surface area contributed by atoms with Gasteiger partial charge in [-0.3, -0.25) is 9.69 Å². The first-order valence-corrected chi connectivity index (χ1v) is 9.33. The number of aryl methyl sites for hydroxylation is 1. The third-order valence-electron chi connectivity index (χ3n) is 5.29. The molecule has 3 amide bonds. The largest absolute Gasteiger partial charge is 0.351 e. The Bertz CT molecular complexity index is 844. The van der Waals surface area contributed by atoms with Crippen LogP contribution in [0, 0.1) is 0 Å². The normalized spacial score (nSPS) is 18.6. The van der Waals surface area contributed by atoms with Gasteiger partial charge in [-0.25, -0.2) is 4.79 Å². The van der Waals surface area contributed by atoms with E-state index in [0.29, 0.717) is 13.2 Å². The van der Waals surface area contributed by atoms with Crippen molar-refractivity contribution in [2.45, 2.75) is 25.9 Å². The molecule has 2 atom stereocenters. The Morgan fingerprint density at radius 3 is 2.78 bits per heavy atom. The van der Waals surface area contributed by atoms with Crippen LogP contribution in [0.25, 0.3) is 10.9 Å². The van der Waals surface area contributed by atoms with Crippen LogP contribution in [-0.2, 0) is 11.8 Å². The molecule has 146 valence electrons. The molecule has 3 rings (SSSR count). The van der Waals surface area contributed by atoms with Gasteiger partial charge in [0.05, 0.1) is 12.7 Å². The van der Waals surface area contributed by atoms with E-state index >= 15 is 0 Å². The van der Waals surface area contributed by atoms with Gasteiger partial charge in [0, 0.05) is 31.9 Å². The predicted octanol–water partition coefficient (Wildman–Crippen LogP) is 2.00. The minimum Gasteiger partial charge on any atom is -0.351 e. The van der Waals surface area contributed by atoms with Crippen LogP contribution in [0.5, 0.6) is 0 Å². The Hall–Kier alpha value is -2.54. The second-order valence-corrected chi connectivity index (χ2v) is 7.61. The van der Waals surface area contributed by atoms with Crippen LogP contribution in [0.3, 0.4) is 0 Å². The maximum atomic E-state index is 12.8. The number of nitrogens with zero attached hydrogens (tertiary/aromatic N) is 4. The molecular formula is C20H29N5O2. The number of amides is 3. The maximum Gasteiger partial charge on any atom is 0.319 e. The molecule has 2 unspecified atom stereocenters. The van der Waals surface area contributed by atoms with Gasteiger partial charge in [0.15, 0.2) is 0 Å². The van der Waals surface area contributed by atoms with Gasteiger partial charge < -0.3 is 19.7 Å². The fourth-order valence-electron chi connectivity index (χ4n) is 3.42. The minimum atomic E-state index is -0.435. The van der Waals surface area contributed by atoms with Gasteiger partial charge in [-0.2, -0.15) is 0 Å². The molecule has 0 saturated carbocycles. The highest BCUT2D eigenvalue weighted by molar-refractivity contribution is 5.90. The van der Waals surface area contributed by atoms with Crippen molar-refractivity contribution in [3.63, 3.8) is 0 Å². The summed E-state index contributed by atoms with van der Waals surface area (Å²) in [6.07, 6.45) is 2.03. The predicted molar refractivity (Wildman–Crippen MR) is 106 cm³/mol. The number of fused-ring (bicyclic) bond motifs is 1. The smallest absolute Gasteiger partial charge is 0.319 e. The maximum absolute atomic E-state index is 12.8. The number of rotatable bonds is 5. The van der Waals surface area contributed by atoms with Crippen molar-refractivity contribution in [1.82, 2.24) is 24.6 Å². The van der Waals surface area contributed by atoms with Gasteiger partial charge >= 0.3 is 6.03 Å². The zero-order valence-electron chi connectivity index (χ0n) is 16.8. The summed E-state index contributed by atoms with van der Waals surface area (Å²) in [7, 11) is 5.95. The average molecular weight is 371 g/mol. The summed E-state index contributed by atoms with van der Waals surface area (Å²) in [6.45, 7) is 5.50. The monoisotopic (exact) mass is 371 g/mol. The molecule has 1 aliphatic rings. The average Bonchev–Trinajstić information content (AvgIpc) is 3.14. The molecule has 0 radical (unpaired) electrons. The molecule has 1 fully saturated rings. The molecule has 27 heavy (non-hydrogen) atoms. The highest BCUT2D eigenvalue weighted by atomic mass is 16.2. The van der Waals surface area contributed by atoms with E-state index in [1.807, 2.05) is 45.2 Å². The van der Waals surface area contributed by atoms with Crippen LogP contribution in [0.1, 0.15) is 25.5 Å². The standard InChI is InChI=1S/C20H29N5O2/c1-14(17-7-6-16-8-9-23(5)18(16)12-17)21-20(27)25-13-24(11-10-22(3)4)19(26)15(25)2/h6-9,12,14-15H,10-11,13H2,1-5H3,(H,21,27). The van der Waals surface area contributed by atoms with E-state index in [1.165, 1.54) is 5.39 Å². The fourth-order valence-corrected chi connectivity index (χ4v) is 3.42. The van der Waals surface area contributed by atoms with Crippen LogP contribution in [0.2, 0.25) is 0 Å². The van der Waals surface area contributed by atoms with E-state index in [-0.39, 0.29) is 18.0 Å². The summed E-state index contributed by atoms with van der Waals surface area (Å²) < 4.78 is 2.07. The molecule has 2 aromatic rings. The van der Waals surface area contributed by atoms with E-state index < -0.39 is 6.04 Å². The third-order valence-corrected chi connectivity index (χ3v) is 5.29. The SMILES string of the molecule is CC(NC(=O)N1CN(CCN(C)C)C(=O)C1C)c1ccc2ccn(C)c2c1. The minimum absolute atomic E-state index is 0.00452. The van der Waals surface area contributed by atoms with Crippen LogP contribution >= 0.6 is 0 Å². The summed E-state index contributed by atoms with van der Waals surface area (Å²) in [6, 6.07) is 7.49. The lowest BCUT2D eigenvalue weighted by molar-refractivity contribution is -0.128. The molecule has 1 aliphatic heterocycles. The van der Waals surface area contributed by atoms with Gasteiger partial charge in [0.2, 0.25) is 5.91 Å². The van der Waals surface area contributed by atoms with Gasteiger partial charge in [-0.05, 0) is 51.0 Å². The summed E-state index contributed by atoms with van der Waals surface area (Å²) in [5.41, 5.74) is 2.17. The number of carbonyl (C=O) groups excluding carboxylic acids is 2. The van der Waals surface area contributed by atoms with Gasteiger partial charge in [0.25, 0.3) is 0 Å². The Morgan fingerprint density at radius 1 is 1.33 bits per heavy atom. The van der Waals surface area contributed by atoms with E-state index in [0.717, 1.165) is 17.6 Å². The Balaban J connectivity index is 1.66. The second kappa shape index (κ2) is 7.60. The topological polar surface area (TPSA) is 60.8 Å². The molecule has 7 nitrogen and oxygen atoms in total. The zero-order chi connectivity index (χ0) is 19.7. The van der Waals surface area contributed by atoms with E-state index in [2.05, 4.69) is 28.1 Å². The van der Waals surface area contributed by atoms with Crippen LogP contribution < -0.4 is 5.32 Å². The van der Waals surface area contributed by atoms with Crippen molar-refractivity contribution < 1.29 is 9.59 Å². The molecular weight excluding hydrogens is 342 g/mol. The van der Waals surface area contributed by atoms with E-state index in [1.54, 1.807) is 16.7 Å². The quantitative estimate of drug-likeness (QED) is 0.875. The Kier molecular flexibility index (Phi) is 5.41. The van der Waals surface area contributed by atoms with Gasteiger partial charge in [0.1, 0.15) is 6.04 Å². The number of likely N-dealkylation sites (N-methyl/N-ethyl adjacent to an activating group) is 1. The zero-order valence-corrected chi connectivity index (χ0v) is 16.8. The van der Waals surface area contributed by atoms with Crippen molar-refractivity contribution in [3.8, 4) is 0 Å². The van der Waals surface area contributed by atoms with Gasteiger partial charge in [-0.1, -0.05) is 12.1 Å². The van der Waals surface area contributed by atoms with Crippen LogP contribution in [0.4, 0.5) is 4.79 Å². The lowest BCUT2D eigenvalue weighted by atomic mass is 10.1. The number of aromatic nitrogens is 1.